The van der Waals surface area contributed by atoms with Gasteiger partial charge in [-0.25, -0.2) is 13.2 Å². The van der Waals surface area contributed by atoms with E-state index >= 15 is 0 Å². The largest absolute Gasteiger partial charge is 0.481 e. The van der Waals surface area contributed by atoms with Crippen LogP contribution in [0.3, 0.4) is 0 Å². The number of pyridine rings is 1. The number of likely N-dealkylation sites (N-methyl/N-ethyl adjacent to an activating group) is 1. The van der Waals surface area contributed by atoms with Crippen molar-refractivity contribution in [1.82, 2.24) is 15.2 Å². The third kappa shape index (κ3) is 4.95. The first-order valence-corrected chi connectivity index (χ1v) is 8.55. The SMILES string of the molecule is COc1nc(OC2CC(F)(F)C2)c(F)cc1CN(C)C(=O)[C@@H]1CCCN1.Cl. The van der Waals surface area contributed by atoms with E-state index in [2.05, 4.69) is 10.3 Å². The van der Waals surface area contributed by atoms with Gasteiger partial charge in [0.2, 0.25) is 11.8 Å². The van der Waals surface area contributed by atoms with Crippen LogP contribution < -0.4 is 14.8 Å². The number of nitrogens with one attached hydrogen (secondary N) is 1. The van der Waals surface area contributed by atoms with Gasteiger partial charge in [-0.2, -0.15) is 4.98 Å². The molecule has 1 aliphatic carbocycles. The number of halogens is 4. The highest BCUT2D eigenvalue weighted by molar-refractivity contribution is 5.85. The fourth-order valence-corrected chi connectivity index (χ4v) is 3.21. The van der Waals surface area contributed by atoms with Crippen LogP contribution >= 0.6 is 12.4 Å². The summed E-state index contributed by atoms with van der Waals surface area (Å²) in [6.07, 6.45) is 0.0373. The summed E-state index contributed by atoms with van der Waals surface area (Å²) in [5.74, 6) is -3.87. The molecular formula is C17H23ClF3N3O3. The molecule has 1 saturated heterocycles. The van der Waals surface area contributed by atoms with Crippen molar-refractivity contribution in [1.29, 1.82) is 0 Å². The molecule has 1 aliphatic heterocycles. The van der Waals surface area contributed by atoms with Gasteiger partial charge in [0.1, 0.15) is 6.10 Å². The van der Waals surface area contributed by atoms with Gasteiger partial charge < -0.3 is 19.7 Å². The van der Waals surface area contributed by atoms with E-state index < -0.39 is 30.7 Å². The van der Waals surface area contributed by atoms with Crippen LogP contribution in [0.1, 0.15) is 31.2 Å². The standard InChI is InChI=1S/C17H22F3N3O3.ClH/c1-23(16(24)13-4-3-5-21-13)9-10-6-12(18)15(22-14(10)25-2)26-11-7-17(19,20)8-11;/h6,11,13,21H,3-5,7-9H2,1-2H3;1H/t13-;/m0./s1. The van der Waals surface area contributed by atoms with Gasteiger partial charge >= 0.3 is 0 Å². The highest BCUT2D eigenvalue weighted by Crippen LogP contribution is 2.40. The molecule has 2 fully saturated rings. The molecule has 0 aromatic carbocycles. The minimum Gasteiger partial charge on any atom is -0.481 e. The number of methoxy groups -OCH3 is 1. The van der Waals surface area contributed by atoms with Crippen molar-refractivity contribution < 1.29 is 27.4 Å². The van der Waals surface area contributed by atoms with Crippen LogP contribution in [0.4, 0.5) is 13.2 Å². The third-order valence-electron chi connectivity index (χ3n) is 4.65. The van der Waals surface area contributed by atoms with Gasteiger partial charge in [-0.15, -0.1) is 12.4 Å². The summed E-state index contributed by atoms with van der Waals surface area (Å²) in [5, 5.41) is 3.12. The van der Waals surface area contributed by atoms with Gasteiger partial charge in [-0.3, -0.25) is 4.79 Å². The van der Waals surface area contributed by atoms with Crippen LogP contribution in [-0.2, 0) is 11.3 Å². The van der Waals surface area contributed by atoms with Crippen LogP contribution in [0.25, 0.3) is 0 Å². The zero-order valence-corrected chi connectivity index (χ0v) is 16.0. The minimum absolute atomic E-state index is 0. The monoisotopic (exact) mass is 409 g/mol. The van der Waals surface area contributed by atoms with Crippen LogP contribution in [0.5, 0.6) is 11.8 Å². The van der Waals surface area contributed by atoms with E-state index in [4.69, 9.17) is 9.47 Å². The van der Waals surface area contributed by atoms with Gasteiger partial charge in [-0.05, 0) is 25.5 Å². The molecule has 1 saturated carbocycles. The van der Waals surface area contributed by atoms with Crippen LogP contribution in [0.15, 0.2) is 6.07 Å². The second-order valence-corrected chi connectivity index (χ2v) is 6.79. The number of carbonyl (C=O) groups excluding carboxylic acids is 1. The lowest BCUT2D eigenvalue weighted by atomic mass is 9.91. The van der Waals surface area contributed by atoms with Gasteiger partial charge in [-0.1, -0.05) is 0 Å². The second-order valence-electron chi connectivity index (χ2n) is 6.79. The number of ether oxygens (including phenoxy) is 2. The molecule has 27 heavy (non-hydrogen) atoms. The summed E-state index contributed by atoms with van der Waals surface area (Å²) in [6, 6.07) is 0.941. The Hall–Kier alpha value is -1.74. The first kappa shape index (κ1) is 21.6. The molecule has 6 nitrogen and oxygen atoms in total. The average Bonchev–Trinajstić information content (AvgIpc) is 3.09. The molecule has 1 aromatic heterocycles. The minimum atomic E-state index is -2.76. The summed E-state index contributed by atoms with van der Waals surface area (Å²) in [4.78, 5) is 17.8. The zero-order valence-electron chi connectivity index (χ0n) is 15.1. The molecule has 2 aliphatic rings. The van der Waals surface area contributed by atoms with E-state index in [0.29, 0.717) is 5.56 Å². The van der Waals surface area contributed by atoms with Crippen molar-refractivity contribution >= 4 is 18.3 Å². The van der Waals surface area contributed by atoms with Gasteiger partial charge in [0.15, 0.2) is 5.82 Å². The van der Waals surface area contributed by atoms with E-state index in [0.717, 1.165) is 19.4 Å². The van der Waals surface area contributed by atoms with Crippen molar-refractivity contribution in [2.24, 2.45) is 0 Å². The Morgan fingerprint density at radius 2 is 2.11 bits per heavy atom. The average molecular weight is 410 g/mol. The molecule has 0 spiro atoms. The number of amides is 1. The van der Waals surface area contributed by atoms with E-state index in [1.54, 1.807) is 7.05 Å². The van der Waals surface area contributed by atoms with Gasteiger partial charge in [0.25, 0.3) is 11.8 Å². The number of aromatic nitrogens is 1. The lowest BCUT2D eigenvalue weighted by Crippen LogP contribution is -2.43. The second kappa shape index (κ2) is 8.52. The molecule has 1 aromatic rings. The molecule has 1 amide bonds. The molecule has 3 rings (SSSR count). The topological polar surface area (TPSA) is 63.7 Å². The van der Waals surface area contributed by atoms with E-state index in [9.17, 15) is 18.0 Å². The molecule has 2 heterocycles. The first-order valence-electron chi connectivity index (χ1n) is 8.55. The van der Waals surface area contributed by atoms with Crippen molar-refractivity contribution in [3.05, 3.63) is 17.4 Å². The molecule has 1 N–H and O–H groups in total. The number of hydrogen-bond donors (Lipinski definition) is 1. The third-order valence-corrected chi connectivity index (χ3v) is 4.65. The Kier molecular flexibility index (Phi) is 6.80. The maximum absolute atomic E-state index is 14.3. The highest BCUT2D eigenvalue weighted by atomic mass is 35.5. The first-order chi connectivity index (χ1) is 12.3. The van der Waals surface area contributed by atoms with Crippen LogP contribution in [0, 0.1) is 5.82 Å². The number of rotatable bonds is 6. The molecule has 0 radical (unpaired) electrons. The maximum atomic E-state index is 14.3. The Morgan fingerprint density at radius 3 is 2.67 bits per heavy atom. The number of alkyl halides is 2. The van der Waals surface area contributed by atoms with Crippen molar-refractivity contribution in [2.75, 3.05) is 20.7 Å². The summed E-state index contributed by atoms with van der Waals surface area (Å²) >= 11 is 0. The quantitative estimate of drug-likeness (QED) is 0.782. The Balaban J connectivity index is 0.00000261. The predicted molar refractivity (Wildman–Crippen MR) is 94.1 cm³/mol. The van der Waals surface area contributed by atoms with Crippen LogP contribution in [-0.4, -0.2) is 54.6 Å². The van der Waals surface area contributed by atoms with Crippen molar-refractivity contribution in [2.45, 2.75) is 50.3 Å². The summed E-state index contributed by atoms with van der Waals surface area (Å²) in [5.41, 5.74) is 0.380. The fourth-order valence-electron chi connectivity index (χ4n) is 3.21. The summed E-state index contributed by atoms with van der Waals surface area (Å²) in [6.45, 7) is 0.919. The Bertz CT molecular complexity index is 679. The van der Waals surface area contributed by atoms with E-state index in [1.807, 2.05) is 0 Å². The predicted octanol–water partition coefficient (Wildman–Crippen LogP) is 2.54. The van der Waals surface area contributed by atoms with Crippen LogP contribution in [0.2, 0.25) is 0 Å². The Labute approximate surface area is 161 Å². The van der Waals surface area contributed by atoms with E-state index in [1.165, 1.54) is 18.1 Å². The van der Waals surface area contributed by atoms with Crippen molar-refractivity contribution in [3.8, 4) is 11.8 Å². The van der Waals surface area contributed by atoms with Gasteiger partial charge in [0, 0.05) is 25.5 Å². The van der Waals surface area contributed by atoms with Crippen molar-refractivity contribution in [3.63, 3.8) is 0 Å². The number of hydrogen-bond acceptors (Lipinski definition) is 5. The van der Waals surface area contributed by atoms with E-state index in [-0.39, 0.29) is 42.7 Å². The number of carbonyl (C=O) groups is 1. The Morgan fingerprint density at radius 1 is 1.41 bits per heavy atom. The molecule has 0 unspecified atom stereocenters. The molecule has 1 atom stereocenters. The smallest absolute Gasteiger partial charge is 0.255 e. The molecule has 0 bridgehead atoms. The summed E-state index contributed by atoms with van der Waals surface area (Å²) in [7, 11) is 2.99. The fraction of sp³-hybridized carbons (Fsp3) is 0.647. The summed E-state index contributed by atoms with van der Waals surface area (Å²) < 4.78 is 50.4. The molecular weight excluding hydrogens is 387 g/mol. The zero-order chi connectivity index (χ0) is 18.9. The molecule has 10 heteroatoms. The highest BCUT2D eigenvalue weighted by Gasteiger charge is 2.47. The normalized spacial score (nSPS) is 21.1. The maximum Gasteiger partial charge on any atom is 0.255 e. The van der Waals surface area contributed by atoms with Gasteiger partial charge in [0.05, 0.1) is 19.7 Å². The lowest BCUT2D eigenvalue weighted by molar-refractivity contribution is -0.136. The lowest BCUT2D eigenvalue weighted by Gasteiger charge is -2.34. The number of nitrogens with zero attached hydrogens (tertiary/aromatic N) is 2. The molecule has 152 valence electrons.